The molecule has 0 amide bonds. The monoisotopic (exact) mass is 593 g/mol. The Labute approximate surface area is 261 Å². The number of methoxy groups -OCH3 is 1. The van der Waals surface area contributed by atoms with Gasteiger partial charge in [-0.25, -0.2) is 14.6 Å². The zero-order valence-electron chi connectivity index (χ0n) is 25.2. The van der Waals surface area contributed by atoms with Gasteiger partial charge in [0, 0.05) is 10.8 Å². The van der Waals surface area contributed by atoms with Crippen molar-refractivity contribution in [3.8, 4) is 11.5 Å². The van der Waals surface area contributed by atoms with Gasteiger partial charge in [0.25, 0.3) is 0 Å². The van der Waals surface area contributed by atoms with E-state index in [1.165, 1.54) is 0 Å². The van der Waals surface area contributed by atoms with Crippen molar-refractivity contribution in [2.45, 2.75) is 20.5 Å². The Bertz CT molecular complexity index is 2040. The molecule has 1 aromatic heterocycles. The molecule has 0 radical (unpaired) electrons. The van der Waals surface area contributed by atoms with Crippen molar-refractivity contribution in [3.05, 3.63) is 148 Å². The molecule has 0 aliphatic carbocycles. The molecule has 0 saturated carbocycles. The molecule has 1 heterocycles. The molecule has 0 aliphatic heterocycles. The molecule has 0 bridgehead atoms. The van der Waals surface area contributed by atoms with Crippen LogP contribution in [-0.2, 0) is 11.3 Å². The third-order valence-corrected chi connectivity index (χ3v) is 7.60. The van der Waals surface area contributed by atoms with E-state index in [9.17, 15) is 9.59 Å². The van der Waals surface area contributed by atoms with E-state index < -0.39 is 11.9 Å². The van der Waals surface area contributed by atoms with E-state index >= 15 is 0 Å². The van der Waals surface area contributed by atoms with Crippen LogP contribution in [0.2, 0.25) is 0 Å². The number of carbonyl (C=O) groups excluding carboxylic acids is 2. The molecule has 5 aromatic carbocycles. The summed E-state index contributed by atoms with van der Waals surface area (Å²) in [6, 6.07) is 34.1. The third kappa shape index (κ3) is 6.45. The minimum Gasteiger partial charge on any atom is -0.497 e. The molecule has 6 aromatic rings. The molecule has 0 N–H and O–H groups in total. The van der Waals surface area contributed by atoms with Gasteiger partial charge in [-0.3, -0.25) is 0 Å². The van der Waals surface area contributed by atoms with Gasteiger partial charge in [0.1, 0.15) is 18.1 Å². The van der Waals surface area contributed by atoms with E-state index in [1.807, 2.05) is 123 Å². The summed E-state index contributed by atoms with van der Waals surface area (Å²) in [5.74, 6) is 0.278. The summed E-state index contributed by atoms with van der Waals surface area (Å²) in [4.78, 5) is 31.6. The maximum absolute atomic E-state index is 13.9. The number of esters is 2. The number of ether oxygens (including phenoxy) is 3. The van der Waals surface area contributed by atoms with Crippen molar-refractivity contribution in [2.75, 3.05) is 7.11 Å². The van der Waals surface area contributed by atoms with Gasteiger partial charge >= 0.3 is 11.9 Å². The predicted octanol–water partition coefficient (Wildman–Crippen LogP) is 8.76. The Balaban J connectivity index is 1.28. The minimum atomic E-state index is -0.495. The van der Waals surface area contributed by atoms with Crippen LogP contribution in [0, 0.1) is 13.8 Å². The van der Waals surface area contributed by atoms with Crippen LogP contribution in [0.15, 0.2) is 109 Å². The Morgan fingerprint density at radius 1 is 0.689 bits per heavy atom. The van der Waals surface area contributed by atoms with Crippen molar-refractivity contribution < 1.29 is 23.8 Å². The second-order valence-electron chi connectivity index (χ2n) is 10.8. The smallest absolute Gasteiger partial charge is 0.344 e. The number of aryl methyl sites for hydroxylation is 2. The van der Waals surface area contributed by atoms with Crippen molar-refractivity contribution in [1.82, 2.24) is 4.98 Å². The average molecular weight is 594 g/mol. The number of hydrogen-bond donors (Lipinski definition) is 0. The number of pyridine rings is 1. The van der Waals surface area contributed by atoms with Crippen molar-refractivity contribution in [2.24, 2.45) is 0 Å². The fraction of sp³-hybridized carbons (Fsp3) is 0.103. The van der Waals surface area contributed by atoms with E-state index in [4.69, 9.17) is 19.2 Å². The highest BCUT2D eigenvalue weighted by molar-refractivity contribution is 6.15. The highest BCUT2D eigenvalue weighted by Crippen LogP contribution is 2.31. The first-order valence-corrected chi connectivity index (χ1v) is 14.6. The Kier molecular flexibility index (Phi) is 8.38. The SMILES string of the molecule is COc1ccc(C=Cc2ccc3c(C(=O)Oc4c(C)cc(C(=O)OCc5ccccc5)cc4C)c4ccccc4nc3c2)cc1. The first-order chi connectivity index (χ1) is 21.9. The van der Waals surface area contributed by atoms with Crippen LogP contribution in [0.5, 0.6) is 11.5 Å². The fourth-order valence-electron chi connectivity index (χ4n) is 5.32. The number of benzene rings is 5. The number of fused-ring (bicyclic) bond motifs is 2. The molecule has 0 spiro atoms. The highest BCUT2D eigenvalue weighted by Gasteiger charge is 2.21. The van der Waals surface area contributed by atoms with Crippen LogP contribution in [0.4, 0.5) is 0 Å². The molecular formula is C39H31NO5. The first kappa shape index (κ1) is 29.3. The first-order valence-electron chi connectivity index (χ1n) is 14.6. The molecule has 6 heteroatoms. The summed E-state index contributed by atoms with van der Waals surface area (Å²) < 4.78 is 16.8. The van der Waals surface area contributed by atoms with E-state index in [0.717, 1.165) is 22.4 Å². The van der Waals surface area contributed by atoms with Gasteiger partial charge in [0.2, 0.25) is 0 Å². The molecule has 6 rings (SSSR count). The van der Waals surface area contributed by atoms with Crippen LogP contribution in [-0.4, -0.2) is 24.0 Å². The number of nitrogens with zero attached hydrogens (tertiary/aromatic N) is 1. The third-order valence-electron chi connectivity index (χ3n) is 7.60. The standard InChI is InChI=1S/C39H31NO5/c1-25-21-30(38(41)44-24-29-9-5-4-6-10-29)22-26(2)37(25)45-39(42)36-32-11-7-8-12-34(32)40-35-23-28(17-20-33(35)36)14-13-27-15-18-31(43-3)19-16-27/h4-23H,24H2,1-3H3. The lowest BCUT2D eigenvalue weighted by molar-refractivity contribution is 0.0472. The van der Waals surface area contributed by atoms with Gasteiger partial charge in [-0.1, -0.05) is 84.9 Å². The summed E-state index contributed by atoms with van der Waals surface area (Å²) >= 11 is 0. The van der Waals surface area contributed by atoms with Gasteiger partial charge in [-0.2, -0.15) is 0 Å². The summed E-state index contributed by atoms with van der Waals surface area (Å²) in [6.45, 7) is 3.80. The Hall–Kier alpha value is -5.75. The molecule has 0 unspecified atom stereocenters. The maximum atomic E-state index is 13.9. The number of rotatable bonds is 8. The molecular weight excluding hydrogens is 562 g/mol. The van der Waals surface area contributed by atoms with E-state index in [0.29, 0.717) is 49.8 Å². The average Bonchev–Trinajstić information content (AvgIpc) is 3.07. The highest BCUT2D eigenvalue weighted by atomic mass is 16.5. The Morgan fingerprint density at radius 2 is 1.33 bits per heavy atom. The minimum absolute atomic E-state index is 0.176. The second-order valence-corrected chi connectivity index (χ2v) is 10.8. The molecule has 0 atom stereocenters. The van der Waals surface area contributed by atoms with Gasteiger partial charge in [0.15, 0.2) is 0 Å². The molecule has 6 nitrogen and oxygen atoms in total. The summed E-state index contributed by atoms with van der Waals surface area (Å²) in [5, 5.41) is 1.39. The number of para-hydroxylation sites is 1. The number of aromatic nitrogens is 1. The topological polar surface area (TPSA) is 74.7 Å². The van der Waals surface area contributed by atoms with E-state index in [1.54, 1.807) is 19.2 Å². The number of carbonyl (C=O) groups is 2. The van der Waals surface area contributed by atoms with E-state index in [2.05, 4.69) is 0 Å². The van der Waals surface area contributed by atoms with Gasteiger partial charge in [-0.05, 0) is 78.1 Å². The lowest BCUT2D eigenvalue weighted by Crippen LogP contribution is -2.13. The number of hydrogen-bond acceptors (Lipinski definition) is 6. The van der Waals surface area contributed by atoms with Crippen molar-refractivity contribution in [3.63, 3.8) is 0 Å². The van der Waals surface area contributed by atoms with Gasteiger partial charge in [-0.15, -0.1) is 0 Å². The molecule has 0 fully saturated rings. The van der Waals surface area contributed by atoms with Crippen LogP contribution >= 0.6 is 0 Å². The maximum Gasteiger partial charge on any atom is 0.344 e. The van der Waals surface area contributed by atoms with Crippen molar-refractivity contribution in [1.29, 1.82) is 0 Å². The van der Waals surface area contributed by atoms with E-state index in [-0.39, 0.29) is 6.61 Å². The lowest BCUT2D eigenvalue weighted by atomic mass is 10.0. The van der Waals surface area contributed by atoms with Gasteiger partial charge in [0.05, 0.1) is 29.3 Å². The van der Waals surface area contributed by atoms with Crippen LogP contribution < -0.4 is 9.47 Å². The molecule has 222 valence electrons. The largest absolute Gasteiger partial charge is 0.497 e. The zero-order chi connectivity index (χ0) is 31.3. The lowest BCUT2D eigenvalue weighted by Gasteiger charge is -2.15. The van der Waals surface area contributed by atoms with Crippen LogP contribution in [0.25, 0.3) is 34.0 Å². The van der Waals surface area contributed by atoms with Crippen LogP contribution in [0.3, 0.4) is 0 Å². The summed E-state index contributed by atoms with van der Waals surface area (Å²) in [5.41, 5.74) is 6.41. The summed E-state index contributed by atoms with van der Waals surface area (Å²) in [6.07, 6.45) is 4.03. The van der Waals surface area contributed by atoms with Crippen molar-refractivity contribution >= 4 is 45.9 Å². The normalized spacial score (nSPS) is 11.2. The molecule has 45 heavy (non-hydrogen) atoms. The molecule has 0 aliphatic rings. The quantitative estimate of drug-likeness (QED) is 0.0760. The predicted molar refractivity (Wildman–Crippen MR) is 178 cm³/mol. The van der Waals surface area contributed by atoms with Crippen LogP contribution in [0.1, 0.15) is 48.5 Å². The Morgan fingerprint density at radius 3 is 2.07 bits per heavy atom. The summed E-state index contributed by atoms with van der Waals surface area (Å²) in [7, 11) is 1.64. The molecule has 0 saturated heterocycles. The second kappa shape index (κ2) is 12.9. The zero-order valence-corrected chi connectivity index (χ0v) is 25.2. The fourth-order valence-corrected chi connectivity index (χ4v) is 5.32. The van der Waals surface area contributed by atoms with Gasteiger partial charge < -0.3 is 14.2 Å².